The first kappa shape index (κ1) is 12.8. The molecule has 0 atom stereocenters. The molecule has 96 valence electrons. The molecule has 2 aromatic carbocycles. The Kier molecular flexibility index (Phi) is 3.43. The van der Waals surface area contributed by atoms with Gasteiger partial charge in [-0.05, 0) is 36.4 Å². The van der Waals surface area contributed by atoms with Gasteiger partial charge in [-0.3, -0.25) is 0 Å². The van der Waals surface area contributed by atoms with Crippen LogP contribution in [0.15, 0.2) is 40.9 Å². The average molecular weight is 358 g/mol. The Hall–Kier alpha value is -1.17. The zero-order valence-corrected chi connectivity index (χ0v) is 12.6. The average Bonchev–Trinajstić information content (AvgIpc) is 2.75. The molecule has 0 spiro atoms. The molecule has 0 unspecified atom stereocenters. The van der Waals surface area contributed by atoms with Gasteiger partial charge >= 0.3 is 0 Å². The molecule has 3 rings (SSSR count). The Morgan fingerprint density at radius 3 is 2.68 bits per heavy atom. The van der Waals surface area contributed by atoms with E-state index in [0.717, 1.165) is 14.9 Å². The lowest BCUT2D eigenvalue weighted by Crippen LogP contribution is -1.88. The summed E-state index contributed by atoms with van der Waals surface area (Å²) >= 11 is 10.6. The van der Waals surface area contributed by atoms with E-state index in [9.17, 15) is 4.39 Å². The van der Waals surface area contributed by atoms with Crippen molar-refractivity contribution in [2.24, 2.45) is 0 Å². The SMILES string of the molecule is Fc1cc(Cl)cc2sc(Nc3ccc(Br)cc3)nc12. The minimum atomic E-state index is -0.400. The normalized spacial score (nSPS) is 10.9. The fourth-order valence-electron chi connectivity index (χ4n) is 1.67. The van der Waals surface area contributed by atoms with Crippen LogP contribution in [-0.2, 0) is 0 Å². The Labute approximate surface area is 126 Å². The largest absolute Gasteiger partial charge is 0.332 e. The molecule has 0 aliphatic rings. The van der Waals surface area contributed by atoms with Crippen molar-refractivity contribution in [3.8, 4) is 0 Å². The second kappa shape index (κ2) is 5.07. The van der Waals surface area contributed by atoms with Crippen LogP contribution in [0.1, 0.15) is 0 Å². The molecule has 2 nitrogen and oxygen atoms in total. The maximum atomic E-state index is 13.7. The van der Waals surface area contributed by atoms with Gasteiger partial charge < -0.3 is 5.32 Å². The highest BCUT2D eigenvalue weighted by Gasteiger charge is 2.09. The van der Waals surface area contributed by atoms with Crippen LogP contribution in [-0.4, -0.2) is 4.98 Å². The first-order valence-corrected chi connectivity index (χ1v) is 7.39. The fraction of sp³-hybridized carbons (Fsp3) is 0. The summed E-state index contributed by atoms with van der Waals surface area (Å²) in [4.78, 5) is 4.23. The van der Waals surface area contributed by atoms with Crippen molar-refractivity contribution >= 4 is 59.9 Å². The van der Waals surface area contributed by atoms with Gasteiger partial charge in [0.15, 0.2) is 10.9 Å². The van der Waals surface area contributed by atoms with E-state index in [2.05, 4.69) is 26.2 Å². The van der Waals surface area contributed by atoms with Crippen molar-refractivity contribution in [3.05, 3.63) is 51.7 Å². The van der Waals surface area contributed by atoms with Gasteiger partial charge in [0, 0.05) is 15.2 Å². The number of aromatic nitrogens is 1. The summed E-state index contributed by atoms with van der Waals surface area (Å²) in [5.74, 6) is -0.400. The van der Waals surface area contributed by atoms with Crippen molar-refractivity contribution in [2.45, 2.75) is 0 Å². The standard InChI is InChI=1S/C13H7BrClFN2S/c14-7-1-3-9(4-2-7)17-13-18-12-10(16)5-8(15)6-11(12)19-13/h1-6H,(H,17,18). The summed E-state index contributed by atoms with van der Waals surface area (Å²) in [6, 6.07) is 10.7. The van der Waals surface area contributed by atoms with Crippen LogP contribution in [0, 0.1) is 5.82 Å². The highest BCUT2D eigenvalue weighted by atomic mass is 79.9. The molecule has 0 saturated heterocycles. The van der Waals surface area contributed by atoms with Gasteiger partial charge in [0.2, 0.25) is 0 Å². The monoisotopic (exact) mass is 356 g/mol. The van der Waals surface area contributed by atoms with Crippen molar-refractivity contribution < 1.29 is 4.39 Å². The fourth-order valence-corrected chi connectivity index (χ4v) is 3.14. The Bertz CT molecular complexity index is 742. The highest BCUT2D eigenvalue weighted by molar-refractivity contribution is 9.10. The Morgan fingerprint density at radius 2 is 1.95 bits per heavy atom. The minimum Gasteiger partial charge on any atom is -0.332 e. The second-order valence-electron chi connectivity index (χ2n) is 3.89. The molecule has 0 aliphatic carbocycles. The molecule has 0 bridgehead atoms. The topological polar surface area (TPSA) is 24.9 Å². The van der Waals surface area contributed by atoms with Gasteiger partial charge in [-0.25, -0.2) is 9.37 Å². The molecule has 19 heavy (non-hydrogen) atoms. The number of benzene rings is 2. The van der Waals surface area contributed by atoms with E-state index in [-0.39, 0.29) is 0 Å². The van der Waals surface area contributed by atoms with E-state index >= 15 is 0 Å². The maximum Gasteiger partial charge on any atom is 0.188 e. The van der Waals surface area contributed by atoms with Crippen molar-refractivity contribution in [2.75, 3.05) is 5.32 Å². The number of nitrogens with zero attached hydrogens (tertiary/aromatic N) is 1. The molecule has 0 radical (unpaired) electrons. The molecule has 0 fully saturated rings. The molecule has 3 aromatic rings. The minimum absolute atomic E-state index is 0.342. The third-order valence-electron chi connectivity index (χ3n) is 2.51. The molecule has 1 aromatic heterocycles. The number of rotatable bonds is 2. The van der Waals surface area contributed by atoms with E-state index in [0.29, 0.717) is 15.7 Å². The van der Waals surface area contributed by atoms with Crippen molar-refractivity contribution in [1.29, 1.82) is 0 Å². The van der Waals surface area contributed by atoms with Gasteiger partial charge in [0.25, 0.3) is 0 Å². The number of hydrogen-bond donors (Lipinski definition) is 1. The summed E-state index contributed by atoms with van der Waals surface area (Å²) < 4.78 is 15.4. The molecule has 0 aliphatic heterocycles. The lowest BCUT2D eigenvalue weighted by molar-refractivity contribution is 0.637. The zero-order chi connectivity index (χ0) is 13.4. The summed E-state index contributed by atoms with van der Waals surface area (Å²) in [5.41, 5.74) is 1.24. The van der Waals surface area contributed by atoms with Crippen LogP contribution < -0.4 is 5.32 Å². The van der Waals surface area contributed by atoms with Crippen molar-refractivity contribution in [3.63, 3.8) is 0 Å². The second-order valence-corrected chi connectivity index (χ2v) is 6.27. The van der Waals surface area contributed by atoms with E-state index in [1.807, 2.05) is 24.3 Å². The van der Waals surface area contributed by atoms with Crippen LogP contribution in [0.4, 0.5) is 15.2 Å². The van der Waals surface area contributed by atoms with Crippen molar-refractivity contribution in [1.82, 2.24) is 4.98 Å². The van der Waals surface area contributed by atoms with Gasteiger partial charge in [0.1, 0.15) is 5.52 Å². The first-order chi connectivity index (χ1) is 9.11. The third kappa shape index (κ3) is 2.73. The van der Waals surface area contributed by atoms with E-state index < -0.39 is 5.82 Å². The zero-order valence-electron chi connectivity index (χ0n) is 9.45. The number of hydrogen-bond acceptors (Lipinski definition) is 3. The van der Waals surface area contributed by atoms with Crippen LogP contribution in [0.25, 0.3) is 10.2 Å². The van der Waals surface area contributed by atoms with Gasteiger partial charge in [-0.15, -0.1) is 0 Å². The van der Waals surface area contributed by atoms with Crippen LogP contribution in [0.5, 0.6) is 0 Å². The lowest BCUT2D eigenvalue weighted by atomic mass is 10.3. The highest BCUT2D eigenvalue weighted by Crippen LogP contribution is 2.32. The third-order valence-corrected chi connectivity index (χ3v) is 4.17. The Balaban J connectivity index is 1.97. The number of fused-ring (bicyclic) bond motifs is 1. The number of nitrogens with one attached hydrogen (secondary N) is 1. The van der Waals surface area contributed by atoms with Gasteiger partial charge in [0.05, 0.1) is 4.70 Å². The molecular weight excluding hydrogens is 351 g/mol. The molecule has 0 amide bonds. The maximum absolute atomic E-state index is 13.7. The van der Waals surface area contributed by atoms with Gasteiger partial charge in [-0.1, -0.05) is 38.9 Å². The van der Waals surface area contributed by atoms with E-state index in [1.165, 1.54) is 17.4 Å². The molecule has 1 heterocycles. The summed E-state index contributed by atoms with van der Waals surface area (Å²) in [7, 11) is 0. The van der Waals surface area contributed by atoms with Crippen LogP contribution in [0.2, 0.25) is 5.02 Å². The van der Waals surface area contributed by atoms with E-state index in [1.54, 1.807) is 6.07 Å². The summed E-state index contributed by atoms with van der Waals surface area (Å²) in [5, 5.41) is 4.16. The van der Waals surface area contributed by atoms with Crippen LogP contribution in [0.3, 0.4) is 0 Å². The quantitative estimate of drug-likeness (QED) is 0.646. The number of anilines is 2. The number of halogens is 3. The lowest BCUT2D eigenvalue weighted by Gasteiger charge is -2.01. The van der Waals surface area contributed by atoms with E-state index in [4.69, 9.17) is 11.6 Å². The molecule has 6 heteroatoms. The first-order valence-electron chi connectivity index (χ1n) is 5.40. The summed E-state index contributed by atoms with van der Waals surface area (Å²) in [6.07, 6.45) is 0. The predicted octanol–water partition coefficient (Wildman–Crippen LogP) is 5.59. The van der Waals surface area contributed by atoms with Crippen LogP contribution >= 0.6 is 38.9 Å². The smallest absolute Gasteiger partial charge is 0.188 e. The number of thiazole rings is 1. The molecular formula is C13H7BrClFN2S. The summed E-state index contributed by atoms with van der Waals surface area (Å²) in [6.45, 7) is 0. The molecule has 0 saturated carbocycles. The Morgan fingerprint density at radius 1 is 1.21 bits per heavy atom. The predicted molar refractivity (Wildman–Crippen MR) is 82.0 cm³/mol. The molecule has 1 N–H and O–H groups in total. The van der Waals surface area contributed by atoms with Gasteiger partial charge in [-0.2, -0.15) is 0 Å².